The van der Waals surface area contributed by atoms with Gasteiger partial charge in [0.05, 0.1) is 5.92 Å². The zero-order chi connectivity index (χ0) is 27.2. The van der Waals surface area contributed by atoms with Crippen molar-refractivity contribution in [3.63, 3.8) is 0 Å². The lowest BCUT2D eigenvalue weighted by Crippen LogP contribution is -2.50. The van der Waals surface area contributed by atoms with Crippen molar-refractivity contribution in [1.82, 2.24) is 4.90 Å². The van der Waals surface area contributed by atoms with Crippen LogP contribution in [0.3, 0.4) is 0 Å². The van der Waals surface area contributed by atoms with E-state index >= 15 is 0 Å². The highest BCUT2D eigenvalue weighted by molar-refractivity contribution is 6.30. The lowest BCUT2D eigenvalue weighted by molar-refractivity contribution is -0.275. The number of alkyl halides is 3. The van der Waals surface area contributed by atoms with Gasteiger partial charge in [0.2, 0.25) is 0 Å². The molecule has 5 rings (SSSR count). The first-order valence-electron chi connectivity index (χ1n) is 13.3. The second kappa shape index (κ2) is 10.3. The van der Waals surface area contributed by atoms with Gasteiger partial charge in [-0.3, -0.25) is 9.69 Å². The van der Waals surface area contributed by atoms with Crippen LogP contribution in [0.4, 0.5) is 13.2 Å². The normalized spacial score (nSPS) is 21.7. The second-order valence-electron chi connectivity index (χ2n) is 11.1. The highest BCUT2D eigenvalue weighted by atomic mass is 35.5. The van der Waals surface area contributed by atoms with E-state index in [1.165, 1.54) is 12.1 Å². The maximum Gasteiger partial charge on any atom is 0.573 e. The van der Waals surface area contributed by atoms with Gasteiger partial charge in [-0.15, -0.1) is 13.2 Å². The minimum absolute atomic E-state index is 0.0206. The minimum Gasteiger partial charge on any atom is -0.487 e. The van der Waals surface area contributed by atoms with Crippen molar-refractivity contribution in [2.75, 3.05) is 13.1 Å². The summed E-state index contributed by atoms with van der Waals surface area (Å²) in [6.07, 6.45) is 0.575. The fourth-order valence-electron chi connectivity index (χ4n) is 6.24. The van der Waals surface area contributed by atoms with Crippen molar-refractivity contribution in [2.24, 2.45) is 11.8 Å². The summed E-state index contributed by atoms with van der Waals surface area (Å²) in [6, 6.07) is 10.1. The number of nitrogens with zero attached hydrogens (tertiary/aromatic N) is 1. The second-order valence-corrected chi connectivity index (χ2v) is 11.5. The first-order chi connectivity index (χ1) is 17.9. The van der Waals surface area contributed by atoms with Gasteiger partial charge in [0.15, 0.2) is 0 Å². The van der Waals surface area contributed by atoms with Gasteiger partial charge in [-0.2, -0.15) is 0 Å². The van der Waals surface area contributed by atoms with E-state index in [2.05, 4.69) is 27.8 Å². The molecule has 206 valence electrons. The Labute approximate surface area is 225 Å². The summed E-state index contributed by atoms with van der Waals surface area (Å²) in [5, 5.41) is 10.0. The van der Waals surface area contributed by atoms with Crippen molar-refractivity contribution >= 4 is 17.6 Å². The van der Waals surface area contributed by atoms with Crippen LogP contribution in [0.15, 0.2) is 36.4 Å². The van der Waals surface area contributed by atoms with Gasteiger partial charge in [0, 0.05) is 29.7 Å². The van der Waals surface area contributed by atoms with Crippen LogP contribution in [0.5, 0.6) is 11.5 Å². The standard InChI is InChI=1S/C29H33ClF3NO4/c1-17(27(35)36)26(20-4-5-20)21-6-3-19-9-10-28(37-25(19)15-21)11-13-34(14-12-28)18(2)23-16-22(30)7-8-24(23)38-29(31,32)33/h3,6-8,15-18,20,26H,4-5,9-14H2,1-2H3,(H,35,36). The lowest BCUT2D eigenvalue weighted by Gasteiger charge is -2.46. The van der Waals surface area contributed by atoms with Gasteiger partial charge in [-0.25, -0.2) is 0 Å². The Morgan fingerprint density at radius 1 is 1.13 bits per heavy atom. The van der Waals surface area contributed by atoms with Crippen molar-refractivity contribution in [1.29, 1.82) is 0 Å². The first-order valence-corrected chi connectivity index (χ1v) is 13.7. The minimum atomic E-state index is -4.78. The van der Waals surface area contributed by atoms with E-state index in [1.807, 2.05) is 6.92 Å². The molecule has 3 aliphatic rings. The zero-order valence-corrected chi connectivity index (χ0v) is 22.3. The predicted octanol–water partition coefficient (Wildman–Crippen LogP) is 7.37. The molecule has 9 heteroatoms. The number of carboxylic acids is 1. The number of carboxylic acid groups (broad SMARTS) is 1. The molecule has 2 fully saturated rings. The monoisotopic (exact) mass is 551 g/mol. The summed E-state index contributed by atoms with van der Waals surface area (Å²) in [7, 11) is 0. The van der Waals surface area contributed by atoms with E-state index in [9.17, 15) is 23.1 Å². The van der Waals surface area contributed by atoms with Crippen LogP contribution in [0.1, 0.15) is 74.6 Å². The predicted molar refractivity (Wildman–Crippen MR) is 138 cm³/mol. The topological polar surface area (TPSA) is 59.0 Å². The highest BCUT2D eigenvalue weighted by Crippen LogP contribution is 2.49. The van der Waals surface area contributed by atoms with Crippen LogP contribution in [0, 0.1) is 11.8 Å². The van der Waals surface area contributed by atoms with Crippen molar-refractivity contribution < 1.29 is 32.5 Å². The molecule has 1 aliphatic carbocycles. The average Bonchev–Trinajstić information content (AvgIpc) is 3.69. The van der Waals surface area contributed by atoms with Crippen molar-refractivity contribution in [2.45, 2.75) is 76.3 Å². The number of halogens is 4. The van der Waals surface area contributed by atoms with Gasteiger partial charge < -0.3 is 14.6 Å². The number of aliphatic carboxylic acids is 1. The van der Waals surface area contributed by atoms with E-state index < -0.39 is 18.2 Å². The largest absolute Gasteiger partial charge is 0.573 e. The SMILES string of the molecule is CC(C(=O)O)C(c1ccc2c(c1)OC1(CC2)CCN(C(C)c2cc(Cl)ccc2OC(F)(F)F)CC1)C1CC1. The molecule has 1 saturated heterocycles. The van der Waals surface area contributed by atoms with Crippen molar-refractivity contribution in [3.8, 4) is 11.5 Å². The maximum absolute atomic E-state index is 13.0. The van der Waals surface area contributed by atoms with Crippen LogP contribution < -0.4 is 9.47 Å². The smallest absolute Gasteiger partial charge is 0.487 e. The number of likely N-dealkylation sites (tertiary alicyclic amines) is 1. The fourth-order valence-corrected chi connectivity index (χ4v) is 6.42. The molecule has 5 nitrogen and oxygen atoms in total. The summed E-state index contributed by atoms with van der Waals surface area (Å²) < 4.78 is 49.9. The van der Waals surface area contributed by atoms with E-state index in [-0.39, 0.29) is 23.3 Å². The molecule has 2 aliphatic heterocycles. The van der Waals surface area contributed by atoms with Crippen LogP contribution >= 0.6 is 11.6 Å². The number of carbonyl (C=O) groups is 1. The maximum atomic E-state index is 13.0. The molecule has 1 N–H and O–H groups in total. The third-order valence-electron chi connectivity index (χ3n) is 8.62. The highest BCUT2D eigenvalue weighted by Gasteiger charge is 2.43. The number of piperidine rings is 1. The number of hydrogen-bond acceptors (Lipinski definition) is 4. The number of benzene rings is 2. The molecule has 0 aromatic heterocycles. The molecule has 3 atom stereocenters. The number of hydrogen-bond donors (Lipinski definition) is 1. The summed E-state index contributed by atoms with van der Waals surface area (Å²) in [6.45, 7) is 4.98. The molecular weight excluding hydrogens is 519 g/mol. The van der Waals surface area contributed by atoms with E-state index in [1.54, 1.807) is 13.0 Å². The fraction of sp³-hybridized carbons (Fsp3) is 0.552. The Morgan fingerprint density at radius 3 is 2.47 bits per heavy atom. The molecule has 2 aromatic carbocycles. The third kappa shape index (κ3) is 5.76. The van der Waals surface area contributed by atoms with Crippen LogP contribution in [-0.2, 0) is 11.2 Å². The molecule has 1 saturated carbocycles. The summed E-state index contributed by atoms with van der Waals surface area (Å²) in [5.41, 5.74) is 2.24. The number of ether oxygens (including phenoxy) is 2. The van der Waals surface area contributed by atoms with Crippen LogP contribution in [0.2, 0.25) is 5.02 Å². The van der Waals surface area contributed by atoms with Gasteiger partial charge in [0.1, 0.15) is 17.1 Å². The number of rotatable bonds is 7. The molecule has 0 bridgehead atoms. The molecule has 2 aromatic rings. The molecular formula is C29H33ClF3NO4. The molecule has 38 heavy (non-hydrogen) atoms. The van der Waals surface area contributed by atoms with Gasteiger partial charge >= 0.3 is 12.3 Å². The number of aryl methyl sites for hydroxylation is 1. The van der Waals surface area contributed by atoms with Crippen LogP contribution in [-0.4, -0.2) is 41.0 Å². The van der Waals surface area contributed by atoms with Gasteiger partial charge in [-0.05, 0) is 92.7 Å². The summed E-state index contributed by atoms with van der Waals surface area (Å²) >= 11 is 6.12. The lowest BCUT2D eigenvalue weighted by atomic mass is 9.80. The molecule has 1 spiro atoms. The average molecular weight is 552 g/mol. The van der Waals surface area contributed by atoms with E-state index in [0.717, 1.165) is 55.4 Å². The molecule has 2 heterocycles. The van der Waals surface area contributed by atoms with E-state index in [4.69, 9.17) is 16.3 Å². The number of fused-ring (bicyclic) bond motifs is 1. The summed E-state index contributed by atoms with van der Waals surface area (Å²) in [4.78, 5) is 13.9. The van der Waals surface area contributed by atoms with Crippen LogP contribution in [0.25, 0.3) is 0 Å². The first kappa shape index (κ1) is 27.1. The Balaban J connectivity index is 1.30. The van der Waals surface area contributed by atoms with Crippen molar-refractivity contribution in [3.05, 3.63) is 58.1 Å². The molecule has 0 amide bonds. The quantitative estimate of drug-likeness (QED) is 0.389. The Morgan fingerprint density at radius 2 is 1.84 bits per heavy atom. The Kier molecular flexibility index (Phi) is 7.33. The van der Waals surface area contributed by atoms with Gasteiger partial charge in [0.25, 0.3) is 0 Å². The summed E-state index contributed by atoms with van der Waals surface area (Å²) in [5.74, 6) is -0.241. The third-order valence-corrected chi connectivity index (χ3v) is 8.85. The van der Waals surface area contributed by atoms with E-state index in [0.29, 0.717) is 29.6 Å². The molecule has 3 unspecified atom stereocenters. The molecule has 0 radical (unpaired) electrons. The van der Waals surface area contributed by atoms with Gasteiger partial charge in [-0.1, -0.05) is 30.7 Å². The Hall–Kier alpha value is -2.45. The zero-order valence-electron chi connectivity index (χ0n) is 21.6. The Bertz CT molecular complexity index is 1190.